The summed E-state index contributed by atoms with van der Waals surface area (Å²) >= 11 is 0. The van der Waals surface area contributed by atoms with Crippen molar-refractivity contribution >= 4 is 5.78 Å². The maximum atomic E-state index is 11.4. The molecule has 0 amide bonds. The maximum absolute atomic E-state index is 11.4. The van der Waals surface area contributed by atoms with Crippen LogP contribution in [-0.4, -0.2) is 16.5 Å². The lowest BCUT2D eigenvalue weighted by atomic mass is 9.44. The lowest BCUT2D eigenvalue weighted by Gasteiger charge is -2.61. The summed E-state index contributed by atoms with van der Waals surface area (Å²) in [7, 11) is 0. The largest absolute Gasteiger partial charge is 0.382 e. The fraction of sp³-hybridized carbons (Fsp3) is 0.900. The Hall–Kier alpha value is -0.370. The van der Waals surface area contributed by atoms with Gasteiger partial charge in [0.05, 0.1) is 0 Å². The third kappa shape index (κ3) is 0.717. The Labute approximate surface area is 73.0 Å². The highest BCUT2D eigenvalue weighted by molar-refractivity contribution is 5.89. The summed E-state index contributed by atoms with van der Waals surface area (Å²) in [5.41, 5.74) is -0.865. The van der Waals surface area contributed by atoms with Crippen LogP contribution in [0.4, 0.5) is 0 Å². The van der Waals surface area contributed by atoms with E-state index in [1.165, 1.54) is 0 Å². The van der Waals surface area contributed by atoms with Gasteiger partial charge in [0.25, 0.3) is 0 Å². The molecule has 0 heterocycles. The van der Waals surface area contributed by atoms with E-state index < -0.39 is 5.60 Å². The Morgan fingerprint density at radius 1 is 1.42 bits per heavy atom. The summed E-state index contributed by atoms with van der Waals surface area (Å²) in [6.07, 6.45) is 1.61. The molecule has 68 valence electrons. The first-order valence-electron chi connectivity index (χ1n) is 4.62. The minimum Gasteiger partial charge on any atom is -0.382 e. The van der Waals surface area contributed by atoms with Crippen LogP contribution < -0.4 is 0 Å². The molecule has 2 heteroatoms. The highest BCUT2D eigenvalue weighted by atomic mass is 16.3. The zero-order chi connectivity index (χ0) is 9.15. The topological polar surface area (TPSA) is 37.3 Å². The average molecular weight is 168 g/mol. The molecule has 0 aromatic heterocycles. The first kappa shape index (κ1) is 8.24. The molecule has 2 nitrogen and oxygen atoms in total. The Kier molecular flexibility index (Phi) is 1.32. The van der Waals surface area contributed by atoms with Gasteiger partial charge in [-0.15, -0.1) is 0 Å². The fourth-order valence-corrected chi connectivity index (χ4v) is 2.94. The van der Waals surface area contributed by atoms with Crippen molar-refractivity contribution in [1.29, 1.82) is 0 Å². The van der Waals surface area contributed by atoms with E-state index in [-0.39, 0.29) is 17.1 Å². The van der Waals surface area contributed by atoms with Crippen molar-refractivity contribution in [2.45, 2.75) is 39.2 Å². The molecule has 3 fully saturated rings. The van der Waals surface area contributed by atoms with Crippen molar-refractivity contribution in [2.24, 2.45) is 17.3 Å². The molecule has 3 rings (SSSR count). The zero-order valence-electron chi connectivity index (χ0n) is 7.92. The smallest absolute Gasteiger partial charge is 0.164 e. The molecule has 0 aromatic rings. The number of carbonyl (C=O) groups is 1. The van der Waals surface area contributed by atoms with E-state index in [1.54, 1.807) is 6.92 Å². The Morgan fingerprint density at radius 3 is 2.33 bits per heavy atom. The summed E-state index contributed by atoms with van der Waals surface area (Å²) in [4.78, 5) is 11.4. The van der Waals surface area contributed by atoms with Gasteiger partial charge >= 0.3 is 0 Å². The van der Waals surface area contributed by atoms with Gasteiger partial charge in [-0.2, -0.15) is 0 Å². The molecule has 3 aliphatic rings. The number of hydrogen-bond acceptors (Lipinski definition) is 2. The Morgan fingerprint density at radius 2 is 2.00 bits per heavy atom. The second-order valence-corrected chi connectivity index (χ2v) is 5.08. The number of carbonyl (C=O) groups excluding carboxylic acids is 1. The van der Waals surface area contributed by atoms with Crippen molar-refractivity contribution < 1.29 is 9.90 Å². The number of fused-ring (bicyclic) bond motifs is 2. The predicted molar refractivity (Wildman–Crippen MR) is 45.6 cm³/mol. The lowest BCUT2D eigenvalue weighted by Crippen LogP contribution is -2.64. The van der Waals surface area contributed by atoms with Gasteiger partial charge in [0.2, 0.25) is 0 Å². The summed E-state index contributed by atoms with van der Waals surface area (Å²) in [5, 5.41) is 9.94. The number of Topliss-reactive ketones (excluding diaryl/α,β-unsaturated/α-hetero) is 1. The average Bonchev–Trinajstić information content (AvgIpc) is 1.93. The van der Waals surface area contributed by atoms with Gasteiger partial charge in [0.15, 0.2) is 5.78 Å². The number of hydrogen-bond donors (Lipinski definition) is 1. The molecular formula is C10H16O2. The molecule has 0 aliphatic heterocycles. The zero-order valence-corrected chi connectivity index (χ0v) is 7.92. The van der Waals surface area contributed by atoms with E-state index in [0.29, 0.717) is 12.3 Å². The van der Waals surface area contributed by atoms with Crippen molar-refractivity contribution in [3.05, 3.63) is 0 Å². The van der Waals surface area contributed by atoms with Crippen LogP contribution >= 0.6 is 0 Å². The summed E-state index contributed by atoms with van der Waals surface area (Å²) in [5.74, 6) is 0.759. The number of rotatable bonds is 0. The van der Waals surface area contributed by atoms with Crippen LogP contribution in [0.15, 0.2) is 0 Å². The standard InChI is InChI=1S/C10H16O2/c1-9(2)6-4-7(9)10(3,12)8(11)5-6/h6-7,12H,4-5H2,1-3H3/t6-,7-,10-/m0/s1. The minimum absolute atomic E-state index is 0.0445. The normalized spacial score (nSPS) is 50.2. The number of aliphatic hydroxyl groups is 1. The van der Waals surface area contributed by atoms with Crippen LogP contribution in [0.2, 0.25) is 0 Å². The van der Waals surface area contributed by atoms with Crippen LogP contribution in [0.25, 0.3) is 0 Å². The molecule has 1 N–H and O–H groups in total. The van der Waals surface area contributed by atoms with Gasteiger partial charge in [0.1, 0.15) is 5.60 Å². The molecule has 0 aromatic carbocycles. The first-order chi connectivity index (χ1) is 5.37. The monoisotopic (exact) mass is 168 g/mol. The molecule has 0 spiro atoms. The number of ketones is 1. The molecule has 0 saturated heterocycles. The van der Waals surface area contributed by atoms with Crippen LogP contribution in [-0.2, 0) is 4.79 Å². The van der Waals surface area contributed by atoms with Gasteiger partial charge in [-0.1, -0.05) is 13.8 Å². The van der Waals surface area contributed by atoms with E-state index in [2.05, 4.69) is 13.8 Å². The summed E-state index contributed by atoms with van der Waals surface area (Å²) in [6.45, 7) is 6.00. The molecule has 3 atom stereocenters. The van der Waals surface area contributed by atoms with Gasteiger partial charge in [-0.3, -0.25) is 4.79 Å². The molecule has 3 aliphatic carbocycles. The molecule has 0 unspecified atom stereocenters. The summed E-state index contributed by atoms with van der Waals surface area (Å²) < 4.78 is 0. The third-order valence-corrected chi connectivity index (χ3v) is 4.15. The van der Waals surface area contributed by atoms with Gasteiger partial charge < -0.3 is 5.11 Å². The molecule has 2 bridgehead atoms. The lowest BCUT2D eigenvalue weighted by molar-refractivity contribution is -0.196. The van der Waals surface area contributed by atoms with Crippen molar-refractivity contribution in [3.8, 4) is 0 Å². The van der Waals surface area contributed by atoms with Crippen LogP contribution in [0.5, 0.6) is 0 Å². The molecule has 12 heavy (non-hydrogen) atoms. The molecular weight excluding hydrogens is 152 g/mol. The third-order valence-electron chi connectivity index (χ3n) is 4.15. The fourth-order valence-electron chi connectivity index (χ4n) is 2.94. The van der Waals surface area contributed by atoms with Crippen molar-refractivity contribution in [2.75, 3.05) is 0 Å². The second kappa shape index (κ2) is 1.92. The Bertz CT molecular complexity index is 240. The van der Waals surface area contributed by atoms with Crippen LogP contribution in [0, 0.1) is 17.3 Å². The highest BCUT2D eigenvalue weighted by Crippen LogP contribution is 2.61. The van der Waals surface area contributed by atoms with Gasteiger partial charge in [-0.05, 0) is 24.7 Å². The van der Waals surface area contributed by atoms with Crippen molar-refractivity contribution in [3.63, 3.8) is 0 Å². The van der Waals surface area contributed by atoms with Crippen molar-refractivity contribution in [1.82, 2.24) is 0 Å². The summed E-state index contributed by atoms with van der Waals surface area (Å²) in [6, 6.07) is 0. The second-order valence-electron chi connectivity index (χ2n) is 5.08. The van der Waals surface area contributed by atoms with E-state index in [1.807, 2.05) is 0 Å². The predicted octanol–water partition coefficient (Wildman–Crippen LogP) is 1.37. The van der Waals surface area contributed by atoms with E-state index >= 15 is 0 Å². The van der Waals surface area contributed by atoms with E-state index in [4.69, 9.17) is 0 Å². The highest BCUT2D eigenvalue weighted by Gasteiger charge is 2.62. The SMILES string of the molecule is CC1(C)[C@@H]2CC(=O)[C@@](C)(O)[C@H]1C2. The molecule has 0 radical (unpaired) electrons. The van der Waals surface area contributed by atoms with E-state index in [0.717, 1.165) is 6.42 Å². The minimum atomic E-state index is -1.04. The quantitative estimate of drug-likeness (QED) is 0.593. The van der Waals surface area contributed by atoms with Gasteiger partial charge in [-0.25, -0.2) is 0 Å². The first-order valence-corrected chi connectivity index (χ1v) is 4.62. The van der Waals surface area contributed by atoms with Crippen LogP contribution in [0.3, 0.4) is 0 Å². The molecule has 3 saturated carbocycles. The Balaban J connectivity index is 2.33. The maximum Gasteiger partial charge on any atom is 0.164 e. The van der Waals surface area contributed by atoms with Crippen LogP contribution in [0.1, 0.15) is 33.6 Å². The van der Waals surface area contributed by atoms with E-state index in [9.17, 15) is 9.90 Å². The van der Waals surface area contributed by atoms with Gasteiger partial charge in [0, 0.05) is 12.3 Å².